The average molecular weight is 502 g/mol. The van der Waals surface area contributed by atoms with Crippen LogP contribution in [0.1, 0.15) is 23.1 Å². The lowest BCUT2D eigenvalue weighted by Gasteiger charge is -2.31. The van der Waals surface area contributed by atoms with Crippen LogP contribution in [-0.4, -0.2) is 104 Å². The van der Waals surface area contributed by atoms with Crippen molar-refractivity contribution in [3.63, 3.8) is 0 Å². The molecule has 8 nitrogen and oxygen atoms in total. The maximum absolute atomic E-state index is 13.0. The van der Waals surface area contributed by atoms with Gasteiger partial charge in [0.05, 0.1) is 38.5 Å². The van der Waals surface area contributed by atoms with Crippen LogP contribution in [0.4, 0.5) is 0 Å². The third-order valence-electron chi connectivity index (χ3n) is 6.84. The summed E-state index contributed by atoms with van der Waals surface area (Å²) in [6.07, 6.45) is 1.02. The van der Waals surface area contributed by atoms with E-state index in [1.165, 1.54) is 5.56 Å². The van der Waals surface area contributed by atoms with E-state index in [2.05, 4.69) is 44.1 Å². The van der Waals surface area contributed by atoms with Gasteiger partial charge in [0.1, 0.15) is 0 Å². The van der Waals surface area contributed by atoms with Gasteiger partial charge in [0.2, 0.25) is 0 Å². The molecule has 1 aromatic heterocycles. The predicted octanol–water partition coefficient (Wildman–Crippen LogP) is 1.88. The maximum Gasteiger partial charge on any atom is 0.253 e. The summed E-state index contributed by atoms with van der Waals surface area (Å²) in [5.74, 6) is 0. The first-order valence-corrected chi connectivity index (χ1v) is 13.2. The van der Waals surface area contributed by atoms with Crippen molar-refractivity contribution in [1.82, 2.24) is 25.0 Å². The molecule has 3 heterocycles. The zero-order valence-electron chi connectivity index (χ0n) is 21.1. The fourth-order valence-electron chi connectivity index (χ4n) is 4.83. The first kappa shape index (κ1) is 26.0. The molecule has 0 amide bonds. The molecule has 2 aromatic rings. The lowest BCUT2D eigenvalue weighted by atomic mass is 10.1. The molecule has 1 aromatic carbocycles. The van der Waals surface area contributed by atoms with Crippen LogP contribution in [0.25, 0.3) is 10.9 Å². The number of nitrogens with one attached hydrogen (secondary N) is 2. The second-order valence-electron chi connectivity index (χ2n) is 9.58. The minimum Gasteiger partial charge on any atom is -0.379 e. The first-order valence-electron chi connectivity index (χ1n) is 12.8. The standard InChI is InChI=1S/C26H39N5O3S/c1-20-16-21(2)24-22(17-20)18-23(25(32)28-24)19-31(7-6-30-10-14-34-15-11-30)26(35)27-4-3-5-29-8-12-33-13-9-29/h16-18H,3-15,19H2,1-2H3,(H,27,35)(H,28,32). The van der Waals surface area contributed by atoms with Gasteiger partial charge in [-0.25, -0.2) is 0 Å². The highest BCUT2D eigenvalue weighted by molar-refractivity contribution is 7.80. The molecule has 2 aliphatic rings. The van der Waals surface area contributed by atoms with E-state index in [1.54, 1.807) is 0 Å². The van der Waals surface area contributed by atoms with E-state index >= 15 is 0 Å². The van der Waals surface area contributed by atoms with E-state index in [0.717, 1.165) is 107 Å². The molecule has 0 saturated carbocycles. The van der Waals surface area contributed by atoms with Crippen LogP contribution in [0.3, 0.4) is 0 Å². The van der Waals surface area contributed by atoms with Crippen LogP contribution in [0.5, 0.6) is 0 Å². The number of fused-ring (bicyclic) bond motifs is 1. The second kappa shape index (κ2) is 12.8. The summed E-state index contributed by atoms with van der Waals surface area (Å²) in [5.41, 5.74) is 3.88. The lowest BCUT2D eigenvalue weighted by molar-refractivity contribution is 0.0356. The van der Waals surface area contributed by atoms with Crippen molar-refractivity contribution in [3.8, 4) is 0 Å². The Morgan fingerprint density at radius 3 is 2.37 bits per heavy atom. The number of ether oxygens (including phenoxy) is 2. The summed E-state index contributed by atoms with van der Waals surface area (Å²) in [6.45, 7) is 15.2. The van der Waals surface area contributed by atoms with Crippen molar-refractivity contribution in [3.05, 3.63) is 45.2 Å². The SMILES string of the molecule is Cc1cc(C)c2[nH]c(=O)c(CN(CCN3CCOCC3)C(=S)NCCCN3CCOCC3)cc2c1. The fourth-order valence-corrected chi connectivity index (χ4v) is 5.09. The number of nitrogens with zero attached hydrogens (tertiary/aromatic N) is 3. The maximum atomic E-state index is 13.0. The van der Waals surface area contributed by atoms with Gasteiger partial charge in [-0.2, -0.15) is 0 Å². The fraction of sp³-hybridized carbons (Fsp3) is 0.615. The van der Waals surface area contributed by atoms with Crippen LogP contribution in [0, 0.1) is 13.8 Å². The van der Waals surface area contributed by atoms with Gasteiger partial charge >= 0.3 is 0 Å². The molecule has 4 rings (SSSR count). The normalized spacial score (nSPS) is 17.5. The summed E-state index contributed by atoms with van der Waals surface area (Å²) in [4.78, 5) is 23.1. The number of morpholine rings is 2. The largest absolute Gasteiger partial charge is 0.379 e. The molecule has 35 heavy (non-hydrogen) atoms. The van der Waals surface area contributed by atoms with E-state index in [0.29, 0.717) is 11.7 Å². The van der Waals surface area contributed by atoms with Gasteiger partial charge in [0.15, 0.2) is 5.11 Å². The molecule has 0 radical (unpaired) electrons. The molecular formula is C26H39N5O3S. The molecule has 2 fully saturated rings. The van der Waals surface area contributed by atoms with Crippen LogP contribution < -0.4 is 10.9 Å². The van der Waals surface area contributed by atoms with Gasteiger partial charge in [-0.3, -0.25) is 14.6 Å². The number of benzene rings is 1. The minimum absolute atomic E-state index is 0.0454. The topological polar surface area (TPSA) is 73.1 Å². The van der Waals surface area contributed by atoms with Gasteiger partial charge < -0.3 is 24.7 Å². The first-order chi connectivity index (χ1) is 17.0. The molecule has 2 saturated heterocycles. The van der Waals surface area contributed by atoms with Gasteiger partial charge in [-0.05, 0) is 62.1 Å². The number of thiocarbonyl (C=S) groups is 1. The number of aromatic amines is 1. The highest BCUT2D eigenvalue weighted by Crippen LogP contribution is 2.18. The van der Waals surface area contributed by atoms with E-state index < -0.39 is 0 Å². The number of pyridine rings is 1. The molecule has 2 N–H and O–H groups in total. The predicted molar refractivity (Wildman–Crippen MR) is 144 cm³/mol. The highest BCUT2D eigenvalue weighted by atomic mass is 32.1. The molecule has 9 heteroatoms. The molecule has 192 valence electrons. The van der Waals surface area contributed by atoms with Crippen molar-refractivity contribution in [2.75, 3.05) is 78.8 Å². The summed E-state index contributed by atoms with van der Waals surface area (Å²) in [5, 5.41) is 5.22. The number of H-pyrrole nitrogens is 1. The molecule has 0 spiro atoms. The van der Waals surface area contributed by atoms with E-state index in [1.807, 2.05) is 13.0 Å². The Hall–Kier alpha value is -2.04. The average Bonchev–Trinajstić information content (AvgIpc) is 2.86. The minimum atomic E-state index is -0.0454. The summed E-state index contributed by atoms with van der Waals surface area (Å²) in [7, 11) is 0. The molecule has 0 aliphatic carbocycles. The number of rotatable bonds is 9. The van der Waals surface area contributed by atoms with Crippen LogP contribution in [-0.2, 0) is 16.0 Å². The third kappa shape index (κ3) is 7.47. The Balaban J connectivity index is 1.41. The third-order valence-corrected chi connectivity index (χ3v) is 7.24. The van der Waals surface area contributed by atoms with Gasteiger partial charge in [0, 0.05) is 51.4 Å². The summed E-state index contributed by atoms with van der Waals surface area (Å²) >= 11 is 5.82. The Morgan fingerprint density at radius 2 is 1.69 bits per heavy atom. The Morgan fingerprint density at radius 1 is 1.03 bits per heavy atom. The van der Waals surface area contributed by atoms with Crippen molar-refractivity contribution in [1.29, 1.82) is 0 Å². The van der Waals surface area contributed by atoms with Crippen molar-refractivity contribution in [2.45, 2.75) is 26.8 Å². The molecular weight excluding hydrogens is 462 g/mol. The molecule has 0 atom stereocenters. The Labute approximate surface area is 213 Å². The number of aryl methyl sites for hydroxylation is 2. The zero-order chi connectivity index (χ0) is 24.6. The quantitative estimate of drug-likeness (QED) is 0.399. The molecule has 0 unspecified atom stereocenters. The zero-order valence-corrected chi connectivity index (χ0v) is 21.9. The van der Waals surface area contributed by atoms with Gasteiger partial charge in [0.25, 0.3) is 5.56 Å². The van der Waals surface area contributed by atoms with E-state index in [4.69, 9.17) is 21.7 Å². The lowest BCUT2D eigenvalue weighted by Crippen LogP contribution is -2.46. The second-order valence-corrected chi connectivity index (χ2v) is 9.97. The van der Waals surface area contributed by atoms with Gasteiger partial charge in [-0.15, -0.1) is 0 Å². The smallest absolute Gasteiger partial charge is 0.253 e. The van der Waals surface area contributed by atoms with E-state index in [9.17, 15) is 4.79 Å². The highest BCUT2D eigenvalue weighted by Gasteiger charge is 2.17. The monoisotopic (exact) mass is 501 g/mol. The Kier molecular flexibility index (Phi) is 9.51. The van der Waals surface area contributed by atoms with Crippen molar-refractivity contribution >= 4 is 28.2 Å². The molecule has 0 bridgehead atoms. The Bertz CT molecular complexity index is 1050. The van der Waals surface area contributed by atoms with Gasteiger partial charge in [-0.1, -0.05) is 11.6 Å². The van der Waals surface area contributed by atoms with Crippen LogP contribution >= 0.6 is 12.2 Å². The molecule has 2 aliphatic heterocycles. The number of hydrogen-bond donors (Lipinski definition) is 2. The summed E-state index contributed by atoms with van der Waals surface area (Å²) < 4.78 is 10.9. The van der Waals surface area contributed by atoms with Crippen molar-refractivity contribution in [2.24, 2.45) is 0 Å². The number of hydrogen-bond acceptors (Lipinski definition) is 6. The van der Waals surface area contributed by atoms with Crippen LogP contribution in [0.2, 0.25) is 0 Å². The number of aromatic nitrogens is 1. The van der Waals surface area contributed by atoms with Crippen molar-refractivity contribution < 1.29 is 9.47 Å². The van der Waals surface area contributed by atoms with E-state index in [-0.39, 0.29) is 5.56 Å². The van der Waals surface area contributed by atoms with Crippen LogP contribution in [0.15, 0.2) is 23.0 Å². The summed E-state index contributed by atoms with van der Waals surface area (Å²) in [6, 6.07) is 6.25.